The molecule has 0 aromatic carbocycles. The van der Waals surface area contributed by atoms with Crippen molar-refractivity contribution < 1.29 is 0 Å². The monoisotopic (exact) mass is 182 g/mol. The molecule has 0 radical (unpaired) electrons. The number of H-pyrrole nitrogens is 2. The Morgan fingerprint density at radius 3 is 2.67 bits per heavy atom. The van der Waals surface area contributed by atoms with Crippen LogP contribution in [0.2, 0.25) is 0 Å². The summed E-state index contributed by atoms with van der Waals surface area (Å²) in [5, 5.41) is 0. The van der Waals surface area contributed by atoms with E-state index in [9.17, 15) is 4.79 Å². The maximum absolute atomic E-state index is 11.0. The summed E-state index contributed by atoms with van der Waals surface area (Å²) in [6.07, 6.45) is 3.61. The highest BCUT2D eigenvalue weighted by molar-refractivity contribution is 7.71. The topological polar surface area (TPSA) is 48.6 Å². The molecular weight excluding hydrogens is 172 g/mol. The SMILES string of the molecule is O=c1cc(C2CCC2)[nH]c(=S)[nH]1. The fourth-order valence-electron chi connectivity index (χ4n) is 1.43. The van der Waals surface area contributed by atoms with Crippen molar-refractivity contribution in [3.05, 3.63) is 26.9 Å². The summed E-state index contributed by atoms with van der Waals surface area (Å²) in [7, 11) is 0. The van der Waals surface area contributed by atoms with E-state index in [0.717, 1.165) is 5.69 Å². The molecule has 12 heavy (non-hydrogen) atoms. The van der Waals surface area contributed by atoms with Crippen molar-refractivity contribution in [2.75, 3.05) is 0 Å². The first-order valence-electron chi connectivity index (χ1n) is 4.09. The van der Waals surface area contributed by atoms with Crippen molar-refractivity contribution in [2.24, 2.45) is 0 Å². The van der Waals surface area contributed by atoms with E-state index in [1.165, 1.54) is 19.3 Å². The minimum Gasteiger partial charge on any atom is -0.336 e. The highest BCUT2D eigenvalue weighted by atomic mass is 32.1. The van der Waals surface area contributed by atoms with Crippen LogP contribution in [0.1, 0.15) is 30.9 Å². The molecule has 0 amide bonds. The van der Waals surface area contributed by atoms with Gasteiger partial charge in [-0.25, -0.2) is 0 Å². The summed E-state index contributed by atoms with van der Waals surface area (Å²) in [5.74, 6) is 0.536. The summed E-state index contributed by atoms with van der Waals surface area (Å²) in [6, 6.07) is 1.61. The second-order valence-electron chi connectivity index (χ2n) is 3.17. The van der Waals surface area contributed by atoms with E-state index in [-0.39, 0.29) is 5.56 Å². The minimum atomic E-state index is -0.0966. The van der Waals surface area contributed by atoms with Crippen molar-refractivity contribution in [1.82, 2.24) is 9.97 Å². The molecule has 4 heteroatoms. The Labute approximate surface area is 74.8 Å². The Kier molecular flexibility index (Phi) is 1.84. The second-order valence-corrected chi connectivity index (χ2v) is 3.58. The molecule has 1 fully saturated rings. The van der Waals surface area contributed by atoms with Crippen molar-refractivity contribution in [3.63, 3.8) is 0 Å². The van der Waals surface area contributed by atoms with Gasteiger partial charge in [-0.05, 0) is 31.0 Å². The summed E-state index contributed by atoms with van der Waals surface area (Å²) < 4.78 is 0.435. The molecule has 0 atom stereocenters. The largest absolute Gasteiger partial charge is 0.336 e. The Hall–Kier alpha value is -0.900. The van der Waals surface area contributed by atoms with Crippen molar-refractivity contribution >= 4 is 12.2 Å². The van der Waals surface area contributed by atoms with E-state index in [1.807, 2.05) is 0 Å². The van der Waals surface area contributed by atoms with Gasteiger partial charge in [0, 0.05) is 11.8 Å². The molecule has 0 aliphatic heterocycles. The quantitative estimate of drug-likeness (QED) is 0.649. The fraction of sp³-hybridized carbons (Fsp3) is 0.500. The standard InChI is InChI=1S/C8H10N2OS/c11-7-4-6(5-2-1-3-5)9-8(12)10-7/h4-5H,1-3H2,(H2,9,10,11,12). The molecule has 1 saturated carbocycles. The number of rotatable bonds is 1. The van der Waals surface area contributed by atoms with Gasteiger partial charge in [0.25, 0.3) is 5.56 Å². The maximum atomic E-state index is 11.0. The smallest absolute Gasteiger partial charge is 0.251 e. The Balaban J connectivity index is 2.43. The van der Waals surface area contributed by atoms with Crippen LogP contribution >= 0.6 is 12.2 Å². The first-order chi connectivity index (χ1) is 5.75. The van der Waals surface area contributed by atoms with Gasteiger partial charge in [0.05, 0.1) is 0 Å². The van der Waals surface area contributed by atoms with Gasteiger partial charge in [-0.1, -0.05) is 6.42 Å². The first-order valence-corrected chi connectivity index (χ1v) is 4.50. The highest BCUT2D eigenvalue weighted by Crippen LogP contribution is 2.34. The molecule has 1 aliphatic carbocycles. The minimum absolute atomic E-state index is 0.0966. The lowest BCUT2D eigenvalue weighted by molar-refractivity contribution is 0.410. The Morgan fingerprint density at radius 2 is 2.17 bits per heavy atom. The van der Waals surface area contributed by atoms with Crippen LogP contribution in [-0.2, 0) is 0 Å². The molecule has 0 spiro atoms. The van der Waals surface area contributed by atoms with Gasteiger partial charge in [0.2, 0.25) is 0 Å². The normalized spacial score (nSPS) is 17.3. The number of hydrogen-bond acceptors (Lipinski definition) is 2. The van der Waals surface area contributed by atoms with Crippen LogP contribution in [0.25, 0.3) is 0 Å². The van der Waals surface area contributed by atoms with Crippen molar-refractivity contribution in [2.45, 2.75) is 25.2 Å². The Bertz CT molecular complexity index is 360. The van der Waals surface area contributed by atoms with E-state index in [1.54, 1.807) is 6.07 Å². The molecule has 2 N–H and O–H groups in total. The molecule has 1 heterocycles. The van der Waals surface area contributed by atoms with Gasteiger partial charge < -0.3 is 4.98 Å². The van der Waals surface area contributed by atoms with Crippen LogP contribution in [-0.4, -0.2) is 9.97 Å². The van der Waals surface area contributed by atoms with E-state index in [4.69, 9.17) is 12.2 Å². The number of aromatic nitrogens is 2. The summed E-state index contributed by atoms with van der Waals surface area (Å²) in [5.41, 5.74) is 0.899. The zero-order chi connectivity index (χ0) is 8.55. The van der Waals surface area contributed by atoms with E-state index in [0.29, 0.717) is 10.7 Å². The lowest BCUT2D eigenvalue weighted by atomic mass is 9.83. The molecule has 0 saturated heterocycles. The van der Waals surface area contributed by atoms with E-state index >= 15 is 0 Å². The number of aromatic amines is 2. The molecule has 0 unspecified atom stereocenters. The lowest BCUT2D eigenvalue weighted by Crippen LogP contribution is -2.16. The Morgan fingerprint density at radius 1 is 1.42 bits per heavy atom. The van der Waals surface area contributed by atoms with Gasteiger partial charge in [-0.2, -0.15) is 0 Å². The van der Waals surface area contributed by atoms with E-state index in [2.05, 4.69) is 9.97 Å². The van der Waals surface area contributed by atoms with Crippen molar-refractivity contribution in [1.29, 1.82) is 0 Å². The van der Waals surface area contributed by atoms with Crippen LogP contribution in [0.15, 0.2) is 10.9 Å². The van der Waals surface area contributed by atoms with Crippen LogP contribution in [0, 0.1) is 4.77 Å². The first kappa shape index (κ1) is 7.73. The van der Waals surface area contributed by atoms with Crippen LogP contribution in [0.3, 0.4) is 0 Å². The molecule has 64 valence electrons. The van der Waals surface area contributed by atoms with Gasteiger partial charge in [0.15, 0.2) is 4.77 Å². The van der Waals surface area contributed by atoms with Crippen LogP contribution in [0.5, 0.6) is 0 Å². The molecule has 0 bridgehead atoms. The van der Waals surface area contributed by atoms with Gasteiger partial charge in [0.1, 0.15) is 0 Å². The lowest BCUT2D eigenvalue weighted by Gasteiger charge is -2.24. The molecular formula is C8H10N2OS. The zero-order valence-electron chi connectivity index (χ0n) is 6.59. The third kappa shape index (κ3) is 1.34. The molecule has 1 aromatic rings. The highest BCUT2D eigenvalue weighted by Gasteiger charge is 2.20. The summed E-state index contributed by atoms with van der Waals surface area (Å²) >= 11 is 4.87. The fourth-order valence-corrected chi connectivity index (χ4v) is 1.65. The molecule has 3 nitrogen and oxygen atoms in total. The molecule has 1 aliphatic rings. The van der Waals surface area contributed by atoms with Gasteiger partial charge in [-0.3, -0.25) is 9.78 Å². The van der Waals surface area contributed by atoms with Gasteiger partial charge in [-0.15, -0.1) is 0 Å². The number of hydrogen-bond donors (Lipinski definition) is 2. The maximum Gasteiger partial charge on any atom is 0.251 e. The third-order valence-electron chi connectivity index (χ3n) is 2.33. The number of nitrogens with one attached hydrogen (secondary N) is 2. The third-order valence-corrected chi connectivity index (χ3v) is 2.53. The van der Waals surface area contributed by atoms with Crippen LogP contribution < -0.4 is 5.56 Å². The summed E-state index contributed by atoms with van der Waals surface area (Å²) in [4.78, 5) is 16.5. The summed E-state index contributed by atoms with van der Waals surface area (Å²) in [6.45, 7) is 0. The average molecular weight is 182 g/mol. The zero-order valence-corrected chi connectivity index (χ0v) is 7.41. The van der Waals surface area contributed by atoms with E-state index < -0.39 is 0 Å². The predicted octanol–water partition coefficient (Wildman–Crippen LogP) is 1.70. The van der Waals surface area contributed by atoms with Crippen molar-refractivity contribution in [3.8, 4) is 0 Å². The van der Waals surface area contributed by atoms with Crippen LogP contribution in [0.4, 0.5) is 0 Å². The predicted molar refractivity (Wildman–Crippen MR) is 48.8 cm³/mol. The molecule has 1 aromatic heterocycles. The molecule has 2 rings (SSSR count). The van der Waals surface area contributed by atoms with Gasteiger partial charge >= 0.3 is 0 Å². The average Bonchev–Trinajstić information content (AvgIpc) is 1.79. The second kappa shape index (κ2) is 2.86.